The molecule has 1 unspecified atom stereocenters. The third kappa shape index (κ3) is 2.46. The molecule has 3 amide bonds. The molecule has 0 saturated carbocycles. The Labute approximate surface area is 131 Å². The molecule has 1 aromatic carbocycles. The van der Waals surface area contributed by atoms with Crippen molar-refractivity contribution in [2.75, 3.05) is 0 Å². The molecule has 1 atom stereocenters. The van der Waals surface area contributed by atoms with Crippen molar-refractivity contribution in [2.45, 2.75) is 18.9 Å². The van der Waals surface area contributed by atoms with Gasteiger partial charge in [-0.25, -0.2) is 4.79 Å². The quantitative estimate of drug-likeness (QED) is 0.624. The van der Waals surface area contributed by atoms with E-state index in [-0.39, 0.29) is 17.7 Å². The number of aromatic nitrogens is 1. The van der Waals surface area contributed by atoms with Crippen molar-refractivity contribution in [3.8, 4) is 5.75 Å². The molecule has 0 aliphatic carbocycles. The van der Waals surface area contributed by atoms with Crippen LogP contribution in [0.15, 0.2) is 41.3 Å². The molecule has 1 saturated heterocycles. The molecule has 1 aliphatic rings. The van der Waals surface area contributed by atoms with Crippen molar-refractivity contribution in [1.29, 1.82) is 0 Å². The molecule has 2 heterocycles. The highest BCUT2D eigenvalue weighted by Crippen LogP contribution is 2.31. The number of nitrogens with one attached hydrogen (secondary N) is 3. The van der Waals surface area contributed by atoms with Gasteiger partial charge in [-0.1, -0.05) is 12.1 Å². The number of benzene rings is 1. The first kappa shape index (κ1) is 14.8. The fourth-order valence-electron chi connectivity index (χ4n) is 2.77. The van der Waals surface area contributed by atoms with Crippen LogP contribution >= 0.6 is 0 Å². The maximum Gasteiger partial charge on any atom is 0.322 e. The minimum Gasteiger partial charge on any atom is -0.508 e. The fourth-order valence-corrected chi connectivity index (χ4v) is 2.77. The summed E-state index contributed by atoms with van der Waals surface area (Å²) in [6, 6.07) is 7.22. The molecule has 2 aromatic rings. The van der Waals surface area contributed by atoms with Crippen LogP contribution < -0.4 is 16.2 Å². The number of pyridine rings is 1. The minimum absolute atomic E-state index is 0.0153. The number of amides is 3. The lowest BCUT2D eigenvalue weighted by molar-refractivity contribution is -0.124. The molecule has 7 heteroatoms. The highest BCUT2D eigenvalue weighted by molar-refractivity contribution is 6.07. The van der Waals surface area contributed by atoms with E-state index in [0.29, 0.717) is 16.7 Å². The fraction of sp³-hybridized carbons (Fsp3) is 0.188. The van der Waals surface area contributed by atoms with Gasteiger partial charge in [0.25, 0.3) is 11.5 Å². The normalized spacial score (nSPS) is 20.2. The molecule has 4 N–H and O–H groups in total. The summed E-state index contributed by atoms with van der Waals surface area (Å²) in [6.45, 7) is 1.65. The van der Waals surface area contributed by atoms with Crippen molar-refractivity contribution >= 4 is 11.9 Å². The van der Waals surface area contributed by atoms with Crippen LogP contribution in [0.3, 0.4) is 0 Å². The zero-order valence-electron chi connectivity index (χ0n) is 12.3. The van der Waals surface area contributed by atoms with E-state index < -0.39 is 17.5 Å². The van der Waals surface area contributed by atoms with Gasteiger partial charge in [0.05, 0.1) is 0 Å². The summed E-state index contributed by atoms with van der Waals surface area (Å²) < 4.78 is 0. The summed E-state index contributed by atoms with van der Waals surface area (Å²) in [6.07, 6.45) is 1.60. The van der Waals surface area contributed by atoms with E-state index in [2.05, 4.69) is 15.6 Å². The van der Waals surface area contributed by atoms with E-state index in [0.717, 1.165) is 0 Å². The van der Waals surface area contributed by atoms with Crippen LogP contribution in [-0.4, -0.2) is 22.0 Å². The van der Waals surface area contributed by atoms with Crippen LogP contribution in [0, 0.1) is 6.92 Å². The lowest BCUT2D eigenvalue weighted by Crippen LogP contribution is -2.46. The molecule has 0 spiro atoms. The van der Waals surface area contributed by atoms with Crippen LogP contribution in [0.4, 0.5) is 4.79 Å². The topological polar surface area (TPSA) is 111 Å². The average molecular weight is 313 g/mol. The van der Waals surface area contributed by atoms with Crippen molar-refractivity contribution in [2.24, 2.45) is 0 Å². The zero-order chi connectivity index (χ0) is 16.6. The molecule has 3 rings (SSSR count). The lowest BCUT2D eigenvalue weighted by atomic mass is 9.83. The largest absolute Gasteiger partial charge is 0.508 e. The van der Waals surface area contributed by atoms with E-state index in [1.54, 1.807) is 25.1 Å². The highest BCUT2D eigenvalue weighted by atomic mass is 16.3. The van der Waals surface area contributed by atoms with E-state index in [1.807, 2.05) is 0 Å². The number of carbonyl (C=O) groups excluding carboxylic acids is 2. The first-order valence-electron chi connectivity index (χ1n) is 7.03. The Balaban J connectivity index is 2.14. The summed E-state index contributed by atoms with van der Waals surface area (Å²) in [4.78, 5) is 38.5. The Hall–Kier alpha value is -3.09. The number of phenolic OH excluding ortho intramolecular Hbond substituents is 1. The molecule has 0 radical (unpaired) electrons. The summed E-state index contributed by atoms with van der Waals surface area (Å²) >= 11 is 0. The molecule has 7 nitrogen and oxygen atoms in total. The number of H-pyrrole nitrogens is 1. The summed E-state index contributed by atoms with van der Waals surface area (Å²) in [7, 11) is 0. The number of carbonyl (C=O) groups is 2. The summed E-state index contributed by atoms with van der Waals surface area (Å²) in [5.41, 5.74) is -0.0665. The number of rotatable bonds is 3. The van der Waals surface area contributed by atoms with E-state index in [9.17, 15) is 19.5 Å². The van der Waals surface area contributed by atoms with Gasteiger partial charge in [-0.15, -0.1) is 0 Å². The third-order valence-electron chi connectivity index (χ3n) is 4.06. The van der Waals surface area contributed by atoms with Gasteiger partial charge in [-0.05, 0) is 36.2 Å². The molecular formula is C16H15N3O4. The Kier molecular flexibility index (Phi) is 3.40. The second-order valence-electron chi connectivity index (χ2n) is 5.50. The Morgan fingerprint density at radius 1 is 1.17 bits per heavy atom. The van der Waals surface area contributed by atoms with Crippen molar-refractivity contribution < 1.29 is 14.7 Å². The van der Waals surface area contributed by atoms with Gasteiger partial charge < -0.3 is 15.4 Å². The average Bonchev–Trinajstić information content (AvgIpc) is 2.79. The molecule has 1 aromatic heterocycles. The predicted molar refractivity (Wildman–Crippen MR) is 82.0 cm³/mol. The second kappa shape index (κ2) is 5.28. The lowest BCUT2D eigenvalue weighted by Gasteiger charge is -2.27. The van der Waals surface area contributed by atoms with Gasteiger partial charge in [0.2, 0.25) is 0 Å². The number of aromatic hydroxyl groups is 1. The number of phenols is 1. The molecule has 1 aliphatic heterocycles. The standard InChI is InChI=1S/C16H15N3O4/c1-9-10(5-6-17-13(9)21)8-16(14(22)18-15(23)19-16)11-3-2-4-12(20)7-11/h2-7,20H,8H2,1H3,(H,17,21)(H2,18,19,22,23). The van der Waals surface area contributed by atoms with Crippen LogP contribution in [0.2, 0.25) is 0 Å². The zero-order valence-corrected chi connectivity index (χ0v) is 12.3. The smallest absolute Gasteiger partial charge is 0.322 e. The highest BCUT2D eigenvalue weighted by Gasteiger charge is 2.48. The van der Waals surface area contributed by atoms with Gasteiger partial charge in [0, 0.05) is 18.2 Å². The number of hydrogen-bond acceptors (Lipinski definition) is 4. The minimum atomic E-state index is -1.37. The predicted octanol–water partition coefficient (Wildman–Crippen LogP) is 0.666. The monoisotopic (exact) mass is 313 g/mol. The van der Waals surface area contributed by atoms with Gasteiger partial charge in [-0.2, -0.15) is 0 Å². The van der Waals surface area contributed by atoms with Crippen molar-refractivity contribution in [3.05, 3.63) is 63.6 Å². The van der Waals surface area contributed by atoms with Crippen molar-refractivity contribution in [3.63, 3.8) is 0 Å². The number of imide groups is 1. The number of hydrogen-bond donors (Lipinski definition) is 4. The summed E-state index contributed by atoms with van der Waals surface area (Å²) in [5, 5.41) is 14.6. The number of aromatic amines is 1. The van der Waals surface area contributed by atoms with Crippen molar-refractivity contribution in [1.82, 2.24) is 15.6 Å². The Morgan fingerprint density at radius 3 is 2.61 bits per heavy atom. The van der Waals surface area contributed by atoms with Gasteiger partial charge >= 0.3 is 6.03 Å². The Bertz CT molecular complexity index is 858. The van der Waals surface area contributed by atoms with E-state index in [1.165, 1.54) is 18.3 Å². The van der Waals surface area contributed by atoms with Gasteiger partial charge in [-0.3, -0.25) is 14.9 Å². The summed E-state index contributed by atoms with van der Waals surface area (Å²) in [5.74, 6) is -0.536. The molecular weight excluding hydrogens is 298 g/mol. The molecule has 0 bridgehead atoms. The molecule has 1 fully saturated rings. The van der Waals surface area contributed by atoms with Gasteiger partial charge in [0.15, 0.2) is 5.54 Å². The maximum atomic E-state index is 12.5. The van der Waals surface area contributed by atoms with Crippen LogP contribution in [-0.2, 0) is 16.8 Å². The Morgan fingerprint density at radius 2 is 1.96 bits per heavy atom. The maximum absolute atomic E-state index is 12.5. The second-order valence-corrected chi connectivity index (χ2v) is 5.50. The van der Waals surface area contributed by atoms with E-state index in [4.69, 9.17) is 0 Å². The van der Waals surface area contributed by atoms with E-state index >= 15 is 0 Å². The molecule has 23 heavy (non-hydrogen) atoms. The van der Waals surface area contributed by atoms with Crippen LogP contribution in [0.25, 0.3) is 0 Å². The van der Waals surface area contributed by atoms with Crippen LogP contribution in [0.5, 0.6) is 5.75 Å². The van der Waals surface area contributed by atoms with Gasteiger partial charge in [0.1, 0.15) is 5.75 Å². The first-order chi connectivity index (χ1) is 10.9. The third-order valence-corrected chi connectivity index (χ3v) is 4.06. The molecule has 118 valence electrons. The van der Waals surface area contributed by atoms with Crippen LogP contribution in [0.1, 0.15) is 16.7 Å². The SMILES string of the molecule is Cc1c(CC2(c3cccc(O)c3)NC(=O)NC2=O)cc[nH]c1=O. The number of urea groups is 1. The first-order valence-corrected chi connectivity index (χ1v) is 7.03.